The van der Waals surface area contributed by atoms with Gasteiger partial charge in [0, 0.05) is 24.5 Å². The first-order valence-corrected chi connectivity index (χ1v) is 11.3. The van der Waals surface area contributed by atoms with E-state index >= 15 is 0 Å². The molecule has 1 heterocycles. The van der Waals surface area contributed by atoms with Gasteiger partial charge in [0.25, 0.3) is 5.56 Å². The average Bonchev–Trinajstić information content (AvgIpc) is 2.74. The van der Waals surface area contributed by atoms with Crippen molar-refractivity contribution in [1.29, 1.82) is 0 Å². The van der Waals surface area contributed by atoms with E-state index in [0.29, 0.717) is 34.7 Å². The van der Waals surface area contributed by atoms with Crippen LogP contribution in [0.3, 0.4) is 0 Å². The van der Waals surface area contributed by atoms with E-state index in [1.54, 1.807) is 16.7 Å². The van der Waals surface area contributed by atoms with E-state index in [1.807, 2.05) is 75.0 Å². The van der Waals surface area contributed by atoms with Crippen molar-refractivity contribution in [3.8, 4) is 5.69 Å². The number of fused-ring (bicyclic) bond motifs is 1. The number of nitrogens with zero attached hydrogens (tertiary/aromatic N) is 4. The number of rotatable bonds is 8. The second kappa shape index (κ2) is 10.3. The van der Waals surface area contributed by atoms with E-state index in [9.17, 15) is 9.59 Å². The molecular weight excluding hydrogens is 424 g/mol. The number of benzene rings is 2. The number of carbonyl (C=O) groups excluding carboxylic acids is 1. The van der Waals surface area contributed by atoms with Gasteiger partial charge in [0.05, 0.1) is 22.6 Å². The van der Waals surface area contributed by atoms with Gasteiger partial charge in [-0.15, -0.1) is 0 Å². The fourth-order valence-electron chi connectivity index (χ4n) is 3.87. The van der Waals surface area contributed by atoms with Gasteiger partial charge in [-0.3, -0.25) is 14.2 Å². The van der Waals surface area contributed by atoms with E-state index in [-0.39, 0.29) is 17.5 Å². The predicted molar refractivity (Wildman–Crippen MR) is 131 cm³/mol. The Morgan fingerprint density at radius 2 is 1.88 bits per heavy atom. The highest BCUT2D eigenvalue weighted by molar-refractivity contribution is 6.30. The van der Waals surface area contributed by atoms with E-state index in [2.05, 4.69) is 0 Å². The van der Waals surface area contributed by atoms with E-state index in [4.69, 9.17) is 16.6 Å². The van der Waals surface area contributed by atoms with Gasteiger partial charge in [-0.2, -0.15) is 0 Å². The zero-order valence-corrected chi connectivity index (χ0v) is 20.2. The molecule has 0 spiro atoms. The molecule has 0 bridgehead atoms. The lowest BCUT2D eigenvalue weighted by Crippen LogP contribution is -2.40. The van der Waals surface area contributed by atoms with Gasteiger partial charge in [0.1, 0.15) is 5.82 Å². The molecule has 7 heteroatoms. The van der Waals surface area contributed by atoms with E-state index < -0.39 is 0 Å². The third-order valence-electron chi connectivity index (χ3n) is 5.61. The number of amides is 1. The summed E-state index contributed by atoms with van der Waals surface area (Å²) in [5.41, 5.74) is 2.05. The summed E-state index contributed by atoms with van der Waals surface area (Å²) in [6, 6.07) is 12.4. The number of likely N-dealkylation sites (N-methyl/N-ethyl adjacent to an activating group) is 1. The minimum Gasteiger partial charge on any atom is -0.331 e. The molecule has 0 radical (unpaired) electrons. The Bertz CT molecular complexity index is 1170. The highest BCUT2D eigenvalue weighted by atomic mass is 35.5. The van der Waals surface area contributed by atoms with Gasteiger partial charge >= 0.3 is 0 Å². The highest BCUT2D eigenvalue weighted by Crippen LogP contribution is 2.26. The van der Waals surface area contributed by atoms with Crippen LogP contribution in [0, 0.1) is 6.92 Å². The molecule has 2 aromatic carbocycles. The van der Waals surface area contributed by atoms with Crippen LogP contribution in [0.4, 0.5) is 0 Å². The number of halogens is 1. The number of hydrogen-bond acceptors (Lipinski definition) is 4. The molecule has 0 aliphatic heterocycles. The van der Waals surface area contributed by atoms with Gasteiger partial charge in [0.2, 0.25) is 5.91 Å². The highest BCUT2D eigenvalue weighted by Gasteiger charge is 2.26. The van der Waals surface area contributed by atoms with Crippen molar-refractivity contribution in [1.82, 2.24) is 19.4 Å². The molecule has 170 valence electrons. The van der Waals surface area contributed by atoms with Crippen molar-refractivity contribution >= 4 is 28.4 Å². The van der Waals surface area contributed by atoms with Crippen LogP contribution in [0.5, 0.6) is 0 Å². The summed E-state index contributed by atoms with van der Waals surface area (Å²) < 4.78 is 1.64. The van der Waals surface area contributed by atoms with Crippen LogP contribution in [0.15, 0.2) is 47.3 Å². The average molecular weight is 455 g/mol. The Morgan fingerprint density at radius 3 is 2.53 bits per heavy atom. The molecule has 1 amide bonds. The van der Waals surface area contributed by atoms with Crippen LogP contribution in [0.25, 0.3) is 16.6 Å². The molecule has 6 nitrogen and oxygen atoms in total. The second-order valence-electron chi connectivity index (χ2n) is 8.37. The van der Waals surface area contributed by atoms with Gasteiger partial charge in [-0.1, -0.05) is 30.7 Å². The Labute approximate surface area is 194 Å². The molecule has 3 rings (SSSR count). The van der Waals surface area contributed by atoms with E-state index in [0.717, 1.165) is 24.2 Å². The molecule has 0 fully saturated rings. The molecule has 1 atom stereocenters. The van der Waals surface area contributed by atoms with Crippen molar-refractivity contribution < 1.29 is 4.79 Å². The van der Waals surface area contributed by atoms with Crippen LogP contribution < -0.4 is 5.56 Å². The maximum atomic E-state index is 13.7. The SMILES string of the molecule is CCCC(=O)N(CCN(C)C)C(C)c1nc2ccccc2c(=O)n1-c1ccc(Cl)cc1C. The number of para-hydroxylation sites is 1. The fraction of sp³-hybridized carbons (Fsp3) is 0.400. The predicted octanol–water partition coefficient (Wildman–Crippen LogP) is 4.60. The molecular formula is C25H31ClN4O2. The number of carbonyl (C=O) groups is 1. The van der Waals surface area contributed by atoms with Gasteiger partial charge in [-0.05, 0) is 70.3 Å². The normalized spacial score (nSPS) is 12.3. The van der Waals surface area contributed by atoms with Gasteiger partial charge < -0.3 is 9.80 Å². The lowest BCUT2D eigenvalue weighted by atomic mass is 10.1. The summed E-state index contributed by atoms with van der Waals surface area (Å²) in [5.74, 6) is 0.603. The number of aryl methyl sites for hydroxylation is 1. The monoisotopic (exact) mass is 454 g/mol. The molecule has 1 unspecified atom stereocenters. The van der Waals surface area contributed by atoms with Crippen LogP contribution in [-0.2, 0) is 4.79 Å². The zero-order valence-electron chi connectivity index (χ0n) is 19.4. The second-order valence-corrected chi connectivity index (χ2v) is 8.81. The van der Waals surface area contributed by atoms with Crippen molar-refractivity contribution in [2.24, 2.45) is 0 Å². The third-order valence-corrected chi connectivity index (χ3v) is 5.85. The smallest absolute Gasteiger partial charge is 0.266 e. The lowest BCUT2D eigenvalue weighted by molar-refractivity contribution is -0.133. The minimum atomic E-state index is -0.388. The van der Waals surface area contributed by atoms with Crippen molar-refractivity contribution in [3.05, 3.63) is 69.2 Å². The van der Waals surface area contributed by atoms with Crippen LogP contribution >= 0.6 is 11.6 Å². The first kappa shape index (κ1) is 24.0. The Balaban J connectivity index is 2.24. The standard InChI is InChI=1S/C25H31ClN4O2/c1-6-9-23(31)29(15-14-28(4)5)18(3)24-27-21-11-8-7-10-20(21)25(32)30(24)22-13-12-19(26)16-17(22)2/h7-8,10-13,16,18H,6,9,14-15H2,1-5H3. The van der Waals surface area contributed by atoms with Crippen molar-refractivity contribution in [2.45, 2.75) is 39.7 Å². The van der Waals surface area contributed by atoms with Crippen LogP contribution in [-0.4, -0.2) is 52.4 Å². The first-order chi connectivity index (χ1) is 15.2. The van der Waals surface area contributed by atoms with Crippen LogP contribution in [0.1, 0.15) is 44.1 Å². The first-order valence-electron chi connectivity index (χ1n) is 11.0. The quantitative estimate of drug-likeness (QED) is 0.499. The maximum Gasteiger partial charge on any atom is 0.266 e. The van der Waals surface area contributed by atoms with Crippen molar-refractivity contribution in [2.75, 3.05) is 27.2 Å². The molecule has 0 saturated carbocycles. The summed E-state index contributed by atoms with van der Waals surface area (Å²) >= 11 is 6.18. The summed E-state index contributed by atoms with van der Waals surface area (Å²) in [6.45, 7) is 7.13. The van der Waals surface area contributed by atoms with Crippen LogP contribution in [0.2, 0.25) is 5.02 Å². The Hall–Kier alpha value is -2.70. The van der Waals surface area contributed by atoms with Gasteiger partial charge in [-0.25, -0.2) is 4.98 Å². The topological polar surface area (TPSA) is 58.4 Å². The molecule has 0 aliphatic rings. The van der Waals surface area contributed by atoms with Crippen molar-refractivity contribution in [3.63, 3.8) is 0 Å². The fourth-order valence-corrected chi connectivity index (χ4v) is 4.10. The molecule has 32 heavy (non-hydrogen) atoms. The molecule has 0 aliphatic carbocycles. The lowest BCUT2D eigenvalue weighted by Gasteiger charge is -2.31. The minimum absolute atomic E-state index is 0.0589. The largest absolute Gasteiger partial charge is 0.331 e. The van der Waals surface area contributed by atoms with E-state index in [1.165, 1.54) is 0 Å². The summed E-state index contributed by atoms with van der Waals surface area (Å²) in [5, 5.41) is 1.14. The molecule has 1 aromatic heterocycles. The summed E-state index contributed by atoms with van der Waals surface area (Å²) in [6.07, 6.45) is 1.22. The molecule has 0 N–H and O–H groups in total. The molecule has 3 aromatic rings. The summed E-state index contributed by atoms with van der Waals surface area (Å²) in [7, 11) is 3.96. The third kappa shape index (κ3) is 5.03. The maximum absolute atomic E-state index is 13.7. The summed E-state index contributed by atoms with van der Waals surface area (Å²) in [4.78, 5) is 35.5. The zero-order chi connectivity index (χ0) is 23.4. The number of aromatic nitrogens is 2. The number of hydrogen-bond donors (Lipinski definition) is 0. The van der Waals surface area contributed by atoms with Gasteiger partial charge in [0.15, 0.2) is 0 Å². The molecule has 0 saturated heterocycles. The Kier molecular flexibility index (Phi) is 7.69. The Morgan fingerprint density at radius 1 is 1.16 bits per heavy atom.